The second-order valence-corrected chi connectivity index (χ2v) is 10.9. The van der Waals surface area contributed by atoms with Crippen molar-refractivity contribution in [2.75, 3.05) is 24.7 Å². The van der Waals surface area contributed by atoms with Crippen LogP contribution in [0.3, 0.4) is 0 Å². The van der Waals surface area contributed by atoms with Crippen molar-refractivity contribution in [2.45, 2.75) is 58.4 Å². The van der Waals surface area contributed by atoms with Crippen LogP contribution in [0.25, 0.3) is 0 Å². The van der Waals surface area contributed by atoms with Crippen molar-refractivity contribution in [3.8, 4) is 5.88 Å². The molecule has 1 atom stereocenters. The van der Waals surface area contributed by atoms with Gasteiger partial charge in [-0.15, -0.1) is 0 Å². The van der Waals surface area contributed by atoms with Crippen LogP contribution in [0.4, 0.5) is 43.8 Å². The number of anilines is 3. The Morgan fingerprint density at radius 2 is 1.75 bits per heavy atom. The van der Waals surface area contributed by atoms with Gasteiger partial charge in [0.05, 0.1) is 41.3 Å². The Morgan fingerprint density at radius 3 is 2.34 bits per heavy atom. The first-order chi connectivity index (χ1) is 20.4. The van der Waals surface area contributed by atoms with Crippen LogP contribution in [-0.2, 0) is 17.3 Å². The van der Waals surface area contributed by atoms with E-state index in [2.05, 4.69) is 10.3 Å². The SMILES string of the molecule is COc1ccc(N)c(CCCN(C(=O)OC(C)(C)C)C(C)c2cc(F)ccc2Nc2cc(C(F)(F)F)c(F)cc2C(=O)O)n1. The highest BCUT2D eigenvalue weighted by Gasteiger charge is 2.36. The van der Waals surface area contributed by atoms with E-state index in [9.17, 15) is 36.6 Å². The largest absolute Gasteiger partial charge is 0.481 e. The zero-order valence-corrected chi connectivity index (χ0v) is 24.7. The van der Waals surface area contributed by atoms with E-state index in [1.807, 2.05) is 0 Å². The highest BCUT2D eigenvalue weighted by atomic mass is 19.4. The van der Waals surface area contributed by atoms with Crippen LogP contribution in [0.1, 0.15) is 67.3 Å². The minimum atomic E-state index is -5.12. The van der Waals surface area contributed by atoms with E-state index in [0.29, 0.717) is 36.2 Å². The first-order valence-electron chi connectivity index (χ1n) is 13.4. The van der Waals surface area contributed by atoms with Crippen LogP contribution >= 0.6 is 0 Å². The molecule has 3 aromatic rings. The minimum absolute atomic E-state index is 0.0200. The number of carboxylic acids is 1. The van der Waals surface area contributed by atoms with Gasteiger partial charge in [0.25, 0.3) is 0 Å². The van der Waals surface area contributed by atoms with Gasteiger partial charge in [0.1, 0.15) is 17.2 Å². The number of benzene rings is 2. The molecule has 3 rings (SSSR count). The number of aromatic carboxylic acids is 1. The number of hydrogen-bond donors (Lipinski definition) is 3. The minimum Gasteiger partial charge on any atom is -0.481 e. The average molecular weight is 625 g/mol. The molecule has 0 aliphatic rings. The van der Waals surface area contributed by atoms with Crippen molar-refractivity contribution in [2.24, 2.45) is 0 Å². The van der Waals surface area contributed by atoms with E-state index in [-0.39, 0.29) is 23.9 Å². The summed E-state index contributed by atoms with van der Waals surface area (Å²) in [5.41, 5.74) is 3.06. The topological polar surface area (TPSA) is 127 Å². The van der Waals surface area contributed by atoms with Crippen LogP contribution in [0, 0.1) is 11.6 Å². The Kier molecular flexibility index (Phi) is 10.3. The highest BCUT2D eigenvalue weighted by molar-refractivity contribution is 5.95. The van der Waals surface area contributed by atoms with Crippen LogP contribution in [0.15, 0.2) is 42.5 Å². The first-order valence-corrected chi connectivity index (χ1v) is 13.4. The predicted molar refractivity (Wildman–Crippen MR) is 153 cm³/mol. The summed E-state index contributed by atoms with van der Waals surface area (Å²) < 4.78 is 79.8. The maximum absolute atomic E-state index is 14.6. The Hall–Kier alpha value is -4.62. The van der Waals surface area contributed by atoms with E-state index in [1.54, 1.807) is 39.8 Å². The molecule has 0 bridgehead atoms. The molecule has 0 aliphatic heterocycles. The Morgan fingerprint density at radius 1 is 1.07 bits per heavy atom. The summed E-state index contributed by atoms with van der Waals surface area (Å²) in [7, 11) is 1.45. The summed E-state index contributed by atoms with van der Waals surface area (Å²) in [4.78, 5) is 30.8. The number of pyridine rings is 1. The number of aryl methyl sites for hydroxylation is 1. The Labute approximate surface area is 250 Å². The quantitative estimate of drug-likeness (QED) is 0.200. The summed E-state index contributed by atoms with van der Waals surface area (Å²) in [6, 6.07) is 6.10. The lowest BCUT2D eigenvalue weighted by molar-refractivity contribution is -0.139. The molecule has 0 saturated carbocycles. The maximum atomic E-state index is 14.6. The number of rotatable bonds is 10. The van der Waals surface area contributed by atoms with Crippen molar-refractivity contribution in [3.05, 3.63) is 76.5 Å². The molecule has 14 heteroatoms. The van der Waals surface area contributed by atoms with Gasteiger partial charge < -0.3 is 30.5 Å². The summed E-state index contributed by atoms with van der Waals surface area (Å²) in [5, 5.41) is 12.1. The van der Waals surface area contributed by atoms with Gasteiger partial charge in [-0.05, 0) is 76.9 Å². The van der Waals surface area contributed by atoms with Gasteiger partial charge in [-0.2, -0.15) is 13.2 Å². The molecule has 0 fully saturated rings. The van der Waals surface area contributed by atoms with Gasteiger partial charge in [0.15, 0.2) is 0 Å². The fourth-order valence-electron chi connectivity index (χ4n) is 4.36. The number of nitrogens with two attached hydrogens (primary N) is 1. The number of methoxy groups -OCH3 is 1. The number of nitrogens with zero attached hydrogens (tertiary/aromatic N) is 2. The highest BCUT2D eigenvalue weighted by Crippen LogP contribution is 2.37. The molecule has 0 radical (unpaired) electrons. The van der Waals surface area contributed by atoms with Gasteiger partial charge in [-0.3, -0.25) is 0 Å². The first kappa shape index (κ1) is 33.9. The van der Waals surface area contributed by atoms with Gasteiger partial charge >= 0.3 is 18.2 Å². The molecule has 0 aliphatic carbocycles. The number of halogens is 5. The predicted octanol–water partition coefficient (Wildman–Crippen LogP) is 7.34. The second-order valence-electron chi connectivity index (χ2n) is 10.9. The van der Waals surface area contributed by atoms with Gasteiger partial charge in [0, 0.05) is 23.9 Å². The number of alkyl halides is 3. The lowest BCUT2D eigenvalue weighted by Crippen LogP contribution is -2.39. The molecule has 2 aromatic carbocycles. The Balaban J connectivity index is 2.02. The third kappa shape index (κ3) is 8.48. The number of hydrogen-bond acceptors (Lipinski definition) is 7. The monoisotopic (exact) mass is 624 g/mol. The standard InChI is InChI=1S/C30H33F5N4O5/c1-16(39(28(42)44-29(2,3)4)12-6-7-24-22(36)9-11-26(38-24)43-5)18-13-17(31)8-10-23(18)37-25-15-20(30(33,34)35)21(32)14-19(25)27(40)41/h8-11,13-16,37H,6-7,12,36H2,1-5H3,(H,40,41). The summed E-state index contributed by atoms with van der Waals surface area (Å²) in [6.45, 7) is 6.57. The molecular formula is C30H33F5N4O5. The molecule has 9 nitrogen and oxygen atoms in total. The Bertz CT molecular complexity index is 1520. The molecule has 0 spiro atoms. The summed E-state index contributed by atoms with van der Waals surface area (Å²) in [6.07, 6.45) is -5.24. The molecule has 1 amide bonds. The van der Waals surface area contributed by atoms with E-state index >= 15 is 0 Å². The molecule has 4 N–H and O–H groups in total. The lowest BCUT2D eigenvalue weighted by Gasteiger charge is -2.33. The van der Waals surface area contributed by atoms with Crippen molar-refractivity contribution in [1.29, 1.82) is 0 Å². The number of carbonyl (C=O) groups excluding carboxylic acids is 1. The van der Waals surface area contributed by atoms with E-state index < -0.39 is 58.3 Å². The number of carboxylic acid groups (broad SMARTS) is 1. The lowest BCUT2D eigenvalue weighted by atomic mass is 10.0. The normalized spacial score (nSPS) is 12.4. The van der Waals surface area contributed by atoms with Crippen LogP contribution < -0.4 is 15.8 Å². The van der Waals surface area contributed by atoms with Gasteiger partial charge in [-0.1, -0.05) is 0 Å². The number of amides is 1. The van der Waals surface area contributed by atoms with E-state index in [0.717, 1.165) is 12.1 Å². The fraction of sp³-hybridized carbons (Fsp3) is 0.367. The van der Waals surface area contributed by atoms with Gasteiger partial charge in [-0.25, -0.2) is 23.4 Å². The summed E-state index contributed by atoms with van der Waals surface area (Å²) in [5.74, 6) is -3.85. The molecule has 1 heterocycles. The van der Waals surface area contributed by atoms with Crippen molar-refractivity contribution in [1.82, 2.24) is 9.88 Å². The van der Waals surface area contributed by atoms with Crippen LogP contribution in [-0.4, -0.2) is 46.3 Å². The molecule has 0 saturated heterocycles. The van der Waals surface area contributed by atoms with Crippen molar-refractivity contribution in [3.63, 3.8) is 0 Å². The van der Waals surface area contributed by atoms with Crippen molar-refractivity contribution >= 4 is 29.1 Å². The van der Waals surface area contributed by atoms with Gasteiger partial charge in [0.2, 0.25) is 5.88 Å². The van der Waals surface area contributed by atoms with Crippen molar-refractivity contribution < 1.29 is 46.1 Å². The molecule has 1 unspecified atom stereocenters. The number of nitrogens with one attached hydrogen (secondary N) is 1. The zero-order valence-electron chi connectivity index (χ0n) is 24.7. The molecule has 238 valence electrons. The maximum Gasteiger partial charge on any atom is 0.419 e. The van der Waals surface area contributed by atoms with E-state index in [4.69, 9.17) is 15.2 Å². The van der Waals surface area contributed by atoms with Crippen LogP contribution in [0.2, 0.25) is 0 Å². The fourth-order valence-corrected chi connectivity index (χ4v) is 4.36. The third-order valence-electron chi connectivity index (χ3n) is 6.48. The number of ether oxygens (including phenoxy) is 2. The molecule has 44 heavy (non-hydrogen) atoms. The van der Waals surface area contributed by atoms with Crippen LogP contribution in [0.5, 0.6) is 5.88 Å². The molecular weight excluding hydrogens is 591 g/mol. The van der Waals surface area contributed by atoms with E-state index in [1.165, 1.54) is 18.1 Å². The number of aromatic nitrogens is 1. The smallest absolute Gasteiger partial charge is 0.419 e. The summed E-state index contributed by atoms with van der Waals surface area (Å²) >= 11 is 0. The zero-order chi connectivity index (χ0) is 33.0. The number of carbonyl (C=O) groups is 2. The number of nitrogen functional groups attached to an aromatic ring is 1. The molecule has 1 aromatic heterocycles. The second kappa shape index (κ2) is 13.3. The third-order valence-corrected chi connectivity index (χ3v) is 6.48. The average Bonchev–Trinajstić information content (AvgIpc) is 2.91.